The van der Waals surface area contributed by atoms with Gasteiger partial charge in [-0.25, -0.2) is 4.79 Å². The van der Waals surface area contributed by atoms with Gasteiger partial charge in [-0.2, -0.15) is 0 Å². The molecule has 0 bridgehead atoms. The number of rotatable bonds is 3. The largest absolute Gasteiger partial charge is 0.456 e. The standard InChI is InChI=1S/C21H19NO6S/c1-21(2,3)27-19(23)18-13-6-4-11-9-22-28-17(11)16(13)20(29-18)26-12-5-7-14-15(8-12)25-10-24-14/h5,7-9H,4,6,10H2,1-3H3. The molecule has 0 atom stereocenters. The maximum absolute atomic E-state index is 12.9. The molecule has 2 aromatic heterocycles. The Labute approximate surface area is 171 Å². The average molecular weight is 413 g/mol. The van der Waals surface area contributed by atoms with Crippen molar-refractivity contribution in [3.05, 3.63) is 40.4 Å². The molecule has 7 nitrogen and oxygen atoms in total. The van der Waals surface area contributed by atoms with Gasteiger partial charge in [-0.05, 0) is 51.3 Å². The number of benzene rings is 1. The molecule has 5 rings (SSSR count). The molecule has 0 spiro atoms. The molecule has 1 aliphatic heterocycles. The molecule has 29 heavy (non-hydrogen) atoms. The van der Waals surface area contributed by atoms with E-state index in [2.05, 4.69) is 5.16 Å². The number of nitrogens with zero attached hydrogens (tertiary/aromatic N) is 1. The van der Waals surface area contributed by atoms with Crippen LogP contribution in [-0.4, -0.2) is 23.5 Å². The quantitative estimate of drug-likeness (QED) is 0.560. The zero-order valence-corrected chi connectivity index (χ0v) is 17.1. The molecule has 8 heteroatoms. The lowest BCUT2D eigenvalue weighted by molar-refractivity contribution is 0.00741. The van der Waals surface area contributed by atoms with Crippen LogP contribution in [0.3, 0.4) is 0 Å². The number of thiophene rings is 1. The molecule has 0 amide bonds. The number of aryl methyl sites for hydroxylation is 1. The Bertz CT molecular complexity index is 1110. The first-order valence-corrected chi connectivity index (χ1v) is 10.1. The highest BCUT2D eigenvalue weighted by Gasteiger charge is 2.34. The number of hydrogen-bond acceptors (Lipinski definition) is 8. The van der Waals surface area contributed by atoms with Crippen LogP contribution in [0.25, 0.3) is 11.3 Å². The highest BCUT2D eigenvalue weighted by Crippen LogP contribution is 2.49. The van der Waals surface area contributed by atoms with E-state index < -0.39 is 5.60 Å². The van der Waals surface area contributed by atoms with Gasteiger partial charge in [0.2, 0.25) is 6.79 Å². The zero-order valence-electron chi connectivity index (χ0n) is 16.2. The van der Waals surface area contributed by atoms with E-state index in [1.165, 1.54) is 11.3 Å². The van der Waals surface area contributed by atoms with Crippen molar-refractivity contribution in [1.29, 1.82) is 0 Å². The second kappa shape index (κ2) is 6.52. The molecule has 0 fully saturated rings. The summed E-state index contributed by atoms with van der Waals surface area (Å²) in [6.45, 7) is 5.74. The summed E-state index contributed by atoms with van der Waals surface area (Å²) < 4.78 is 28.1. The van der Waals surface area contributed by atoms with Crippen LogP contribution < -0.4 is 14.2 Å². The SMILES string of the molecule is CC(C)(C)OC(=O)c1sc(Oc2ccc3c(c2)OCO3)c2c1CCc1cnoc1-2. The molecular formula is C21H19NO6S. The van der Waals surface area contributed by atoms with Crippen LogP contribution in [0.4, 0.5) is 0 Å². The maximum atomic E-state index is 12.9. The van der Waals surface area contributed by atoms with Gasteiger partial charge in [0.05, 0.1) is 11.8 Å². The van der Waals surface area contributed by atoms with Crippen LogP contribution in [0.2, 0.25) is 0 Å². The minimum atomic E-state index is -0.585. The fourth-order valence-corrected chi connectivity index (χ4v) is 4.52. The summed E-state index contributed by atoms with van der Waals surface area (Å²) in [4.78, 5) is 13.4. The van der Waals surface area contributed by atoms with E-state index in [0.717, 1.165) is 23.1 Å². The van der Waals surface area contributed by atoms with Crippen LogP contribution in [-0.2, 0) is 17.6 Å². The summed E-state index contributed by atoms with van der Waals surface area (Å²) in [6, 6.07) is 5.37. The predicted octanol–water partition coefficient (Wildman–Crippen LogP) is 4.98. The average Bonchev–Trinajstić information content (AvgIpc) is 3.37. The Hall–Kier alpha value is -3.00. The fourth-order valence-electron chi connectivity index (χ4n) is 3.42. The molecule has 1 aliphatic carbocycles. The van der Waals surface area contributed by atoms with Crippen molar-refractivity contribution >= 4 is 17.3 Å². The van der Waals surface area contributed by atoms with Crippen molar-refractivity contribution < 1.29 is 28.3 Å². The number of carbonyl (C=O) groups is 1. The Kier molecular flexibility index (Phi) is 4.06. The highest BCUT2D eigenvalue weighted by atomic mass is 32.1. The number of esters is 1. The van der Waals surface area contributed by atoms with Gasteiger partial charge in [0.15, 0.2) is 22.3 Å². The van der Waals surface area contributed by atoms with E-state index in [1.807, 2.05) is 20.8 Å². The van der Waals surface area contributed by atoms with Gasteiger partial charge in [0, 0.05) is 11.6 Å². The Morgan fingerprint density at radius 1 is 1.17 bits per heavy atom. The van der Waals surface area contributed by atoms with Gasteiger partial charge in [0.1, 0.15) is 16.2 Å². The number of aromatic nitrogens is 1. The summed E-state index contributed by atoms with van der Waals surface area (Å²) in [6.07, 6.45) is 3.16. The number of carbonyl (C=O) groups excluding carboxylic acids is 1. The summed E-state index contributed by atoms with van der Waals surface area (Å²) in [5.74, 6) is 2.18. The Morgan fingerprint density at radius 2 is 2.00 bits per heavy atom. The maximum Gasteiger partial charge on any atom is 0.349 e. The topological polar surface area (TPSA) is 80.0 Å². The monoisotopic (exact) mass is 413 g/mol. The summed E-state index contributed by atoms with van der Waals surface area (Å²) >= 11 is 1.26. The van der Waals surface area contributed by atoms with Gasteiger partial charge in [-0.1, -0.05) is 16.5 Å². The van der Waals surface area contributed by atoms with Gasteiger partial charge in [0.25, 0.3) is 0 Å². The Balaban J connectivity index is 1.57. The van der Waals surface area contributed by atoms with E-state index in [-0.39, 0.29) is 12.8 Å². The molecular weight excluding hydrogens is 394 g/mol. The fraction of sp³-hybridized carbons (Fsp3) is 0.333. The van der Waals surface area contributed by atoms with Crippen LogP contribution in [0.1, 0.15) is 41.6 Å². The number of fused-ring (bicyclic) bond motifs is 4. The Morgan fingerprint density at radius 3 is 2.83 bits per heavy atom. The normalized spacial score (nSPS) is 14.3. The molecule has 3 aromatic rings. The molecule has 150 valence electrons. The number of hydrogen-bond donors (Lipinski definition) is 0. The van der Waals surface area contributed by atoms with Crippen LogP contribution in [0.5, 0.6) is 22.3 Å². The second-order valence-electron chi connectivity index (χ2n) is 7.87. The van der Waals surface area contributed by atoms with Crippen molar-refractivity contribution in [2.75, 3.05) is 6.79 Å². The van der Waals surface area contributed by atoms with Crippen LogP contribution in [0.15, 0.2) is 28.9 Å². The first-order chi connectivity index (χ1) is 13.9. The first kappa shape index (κ1) is 18.1. The summed E-state index contributed by atoms with van der Waals surface area (Å²) in [7, 11) is 0. The van der Waals surface area contributed by atoms with E-state index in [9.17, 15) is 4.79 Å². The van der Waals surface area contributed by atoms with E-state index in [4.69, 9.17) is 23.5 Å². The molecule has 3 heterocycles. The predicted molar refractivity (Wildman–Crippen MR) is 105 cm³/mol. The third-order valence-electron chi connectivity index (χ3n) is 4.63. The summed E-state index contributed by atoms with van der Waals surface area (Å²) in [5.41, 5.74) is 2.07. The number of ether oxygens (including phenoxy) is 4. The third kappa shape index (κ3) is 3.23. The van der Waals surface area contributed by atoms with E-state index in [0.29, 0.717) is 39.4 Å². The van der Waals surface area contributed by atoms with Crippen LogP contribution >= 0.6 is 11.3 Å². The van der Waals surface area contributed by atoms with Crippen LogP contribution in [0, 0.1) is 0 Å². The second-order valence-corrected chi connectivity index (χ2v) is 8.85. The molecule has 0 unspecified atom stereocenters. The van der Waals surface area contributed by atoms with Gasteiger partial charge in [-0.15, -0.1) is 0 Å². The molecule has 0 N–H and O–H groups in total. The van der Waals surface area contributed by atoms with Gasteiger partial charge >= 0.3 is 5.97 Å². The lowest BCUT2D eigenvalue weighted by Gasteiger charge is -2.19. The molecule has 0 radical (unpaired) electrons. The van der Waals surface area contributed by atoms with E-state index in [1.54, 1.807) is 24.4 Å². The minimum absolute atomic E-state index is 0.192. The van der Waals surface area contributed by atoms with Crippen molar-refractivity contribution in [2.45, 2.75) is 39.2 Å². The minimum Gasteiger partial charge on any atom is -0.456 e. The summed E-state index contributed by atoms with van der Waals surface area (Å²) in [5, 5.41) is 4.50. The zero-order chi connectivity index (χ0) is 20.2. The molecule has 1 aromatic carbocycles. The van der Waals surface area contributed by atoms with E-state index >= 15 is 0 Å². The lowest BCUT2D eigenvalue weighted by atomic mass is 9.92. The smallest absolute Gasteiger partial charge is 0.349 e. The molecule has 2 aliphatic rings. The lowest BCUT2D eigenvalue weighted by Crippen LogP contribution is -2.24. The molecule has 0 saturated heterocycles. The van der Waals surface area contributed by atoms with Gasteiger partial charge in [-0.3, -0.25) is 0 Å². The third-order valence-corrected chi connectivity index (χ3v) is 5.72. The van der Waals surface area contributed by atoms with Crippen molar-refractivity contribution in [3.8, 4) is 33.6 Å². The molecule has 0 saturated carbocycles. The van der Waals surface area contributed by atoms with Gasteiger partial charge < -0.3 is 23.5 Å². The first-order valence-electron chi connectivity index (χ1n) is 9.29. The highest BCUT2D eigenvalue weighted by molar-refractivity contribution is 7.16. The van der Waals surface area contributed by atoms with Crippen molar-refractivity contribution in [1.82, 2.24) is 5.16 Å². The van der Waals surface area contributed by atoms with Crippen molar-refractivity contribution in [3.63, 3.8) is 0 Å². The van der Waals surface area contributed by atoms with Crippen molar-refractivity contribution in [2.24, 2.45) is 0 Å².